The molecule has 26 heavy (non-hydrogen) atoms. The van der Waals surface area contributed by atoms with Crippen molar-refractivity contribution in [3.05, 3.63) is 47.6 Å². The van der Waals surface area contributed by atoms with Gasteiger partial charge in [-0.15, -0.1) is 0 Å². The van der Waals surface area contributed by atoms with Crippen molar-refractivity contribution in [3.8, 4) is 0 Å². The van der Waals surface area contributed by atoms with Crippen molar-refractivity contribution in [2.45, 2.75) is 72.5 Å². The summed E-state index contributed by atoms with van der Waals surface area (Å²) < 4.78 is 0. The minimum Gasteiger partial charge on any atom is -0.386 e. The van der Waals surface area contributed by atoms with Crippen LogP contribution in [0.25, 0.3) is 0 Å². The van der Waals surface area contributed by atoms with Crippen LogP contribution in [-0.4, -0.2) is 34.0 Å². The van der Waals surface area contributed by atoms with Crippen LogP contribution in [0, 0.1) is 5.92 Å². The van der Waals surface area contributed by atoms with Gasteiger partial charge in [-0.1, -0.05) is 55.9 Å². The number of rotatable bonds is 12. The number of hydrogen-bond donors (Lipinski definition) is 2. The number of Topliss-reactive ketones (excluding diaryl/α,β-unsaturated/α-hetero) is 2. The summed E-state index contributed by atoms with van der Waals surface area (Å²) in [7, 11) is 0. The summed E-state index contributed by atoms with van der Waals surface area (Å²) in [5, 5.41) is 20.2. The Kier molecular flexibility index (Phi) is 12.5. The normalized spacial score (nSPS) is 16.9. The van der Waals surface area contributed by atoms with Crippen LogP contribution in [0.15, 0.2) is 47.6 Å². The Labute approximate surface area is 158 Å². The molecule has 0 aromatic heterocycles. The van der Waals surface area contributed by atoms with Gasteiger partial charge in [0.15, 0.2) is 5.78 Å². The van der Waals surface area contributed by atoms with Gasteiger partial charge in [0.1, 0.15) is 18.0 Å². The van der Waals surface area contributed by atoms with Crippen LogP contribution in [0.4, 0.5) is 0 Å². The summed E-state index contributed by atoms with van der Waals surface area (Å²) in [6.07, 6.45) is 11.3. The highest BCUT2D eigenvalue weighted by atomic mass is 16.3. The number of aliphatic hydroxyl groups is 2. The molecular formula is C22H34O4. The SMILES string of the molecule is CC/C(C)=C/C=C/C=C/CCC(C)C(=O)[C@H](O)C(O)/C(C)=C/CC(C)=O. The molecule has 146 valence electrons. The summed E-state index contributed by atoms with van der Waals surface area (Å²) in [4.78, 5) is 23.2. The van der Waals surface area contributed by atoms with Gasteiger partial charge < -0.3 is 10.2 Å². The lowest BCUT2D eigenvalue weighted by atomic mass is 9.91. The van der Waals surface area contributed by atoms with Crippen LogP contribution in [0.3, 0.4) is 0 Å². The fourth-order valence-corrected chi connectivity index (χ4v) is 2.19. The lowest BCUT2D eigenvalue weighted by molar-refractivity contribution is -0.135. The highest BCUT2D eigenvalue weighted by Gasteiger charge is 2.28. The van der Waals surface area contributed by atoms with Crippen molar-refractivity contribution < 1.29 is 19.8 Å². The van der Waals surface area contributed by atoms with E-state index in [9.17, 15) is 19.8 Å². The van der Waals surface area contributed by atoms with Crippen molar-refractivity contribution in [3.63, 3.8) is 0 Å². The molecule has 3 atom stereocenters. The van der Waals surface area contributed by atoms with Gasteiger partial charge in [-0.3, -0.25) is 9.59 Å². The Hall–Kier alpha value is -1.78. The molecule has 2 unspecified atom stereocenters. The van der Waals surface area contributed by atoms with Gasteiger partial charge in [-0.2, -0.15) is 0 Å². The minimum absolute atomic E-state index is 0.0353. The Morgan fingerprint density at radius 1 is 1.00 bits per heavy atom. The quantitative estimate of drug-likeness (QED) is 0.405. The van der Waals surface area contributed by atoms with Crippen molar-refractivity contribution >= 4 is 11.6 Å². The van der Waals surface area contributed by atoms with Crippen molar-refractivity contribution in [2.24, 2.45) is 5.92 Å². The molecule has 0 radical (unpaired) electrons. The van der Waals surface area contributed by atoms with Gasteiger partial charge in [0.25, 0.3) is 0 Å². The predicted molar refractivity (Wildman–Crippen MR) is 107 cm³/mol. The maximum Gasteiger partial charge on any atom is 0.167 e. The van der Waals surface area contributed by atoms with Crippen LogP contribution in [0.1, 0.15) is 60.3 Å². The predicted octanol–water partition coefficient (Wildman–Crippen LogP) is 4.09. The molecule has 0 fully saturated rings. The molecule has 0 aromatic carbocycles. The third-order valence-corrected chi connectivity index (χ3v) is 4.32. The second kappa shape index (κ2) is 13.4. The molecule has 0 bridgehead atoms. The molecular weight excluding hydrogens is 328 g/mol. The molecule has 0 rings (SSSR count). The summed E-state index contributed by atoms with van der Waals surface area (Å²) in [6.45, 7) is 9.00. The minimum atomic E-state index is -1.46. The molecule has 4 nitrogen and oxygen atoms in total. The molecule has 0 amide bonds. The van der Waals surface area contributed by atoms with Gasteiger partial charge in [0.2, 0.25) is 0 Å². The second-order valence-electron chi connectivity index (χ2n) is 6.80. The third kappa shape index (κ3) is 10.3. The van der Waals surface area contributed by atoms with Crippen molar-refractivity contribution in [2.75, 3.05) is 0 Å². The van der Waals surface area contributed by atoms with E-state index in [1.54, 1.807) is 19.9 Å². The Balaban J connectivity index is 4.45. The van der Waals surface area contributed by atoms with E-state index in [0.717, 1.165) is 12.8 Å². The van der Waals surface area contributed by atoms with E-state index in [2.05, 4.69) is 19.9 Å². The molecule has 2 N–H and O–H groups in total. The molecule has 0 spiro atoms. The lowest BCUT2D eigenvalue weighted by Gasteiger charge is -2.20. The number of aliphatic hydroxyl groups excluding tert-OH is 2. The highest BCUT2D eigenvalue weighted by Crippen LogP contribution is 2.16. The van der Waals surface area contributed by atoms with Crippen LogP contribution in [-0.2, 0) is 9.59 Å². The molecule has 0 aliphatic heterocycles. The Morgan fingerprint density at radius 3 is 2.23 bits per heavy atom. The molecule has 0 aliphatic carbocycles. The first-order valence-electron chi connectivity index (χ1n) is 9.25. The zero-order valence-corrected chi connectivity index (χ0v) is 16.7. The third-order valence-electron chi connectivity index (χ3n) is 4.32. The lowest BCUT2D eigenvalue weighted by Crippen LogP contribution is -2.38. The number of hydrogen-bond acceptors (Lipinski definition) is 4. The standard InChI is InChI=1S/C22H34O4/c1-6-16(2)12-10-8-7-9-11-13-17(3)20(24)22(26)21(25)18(4)14-15-19(5)23/h7-10,12,14,17,21-22,25-26H,6,11,13,15H2,1-5H3/b9-7+,10-8+,16-12+,18-14+/t17?,21?,22-/m0/s1. The van der Waals surface area contributed by atoms with Gasteiger partial charge >= 0.3 is 0 Å². The van der Waals surface area contributed by atoms with Gasteiger partial charge in [0.05, 0.1) is 0 Å². The number of ketones is 2. The second-order valence-corrected chi connectivity index (χ2v) is 6.80. The van der Waals surface area contributed by atoms with E-state index in [0.29, 0.717) is 12.0 Å². The Bertz CT molecular complexity index is 567. The average molecular weight is 363 g/mol. The smallest absolute Gasteiger partial charge is 0.167 e. The molecule has 0 aliphatic rings. The first-order valence-corrected chi connectivity index (χ1v) is 9.25. The van der Waals surface area contributed by atoms with Crippen molar-refractivity contribution in [1.29, 1.82) is 0 Å². The Morgan fingerprint density at radius 2 is 1.65 bits per heavy atom. The van der Waals surface area contributed by atoms with Crippen LogP contribution < -0.4 is 0 Å². The van der Waals surface area contributed by atoms with Gasteiger partial charge in [-0.05, 0) is 45.6 Å². The molecule has 0 saturated heterocycles. The first-order chi connectivity index (χ1) is 12.2. The molecule has 0 heterocycles. The van der Waals surface area contributed by atoms with E-state index < -0.39 is 12.2 Å². The topological polar surface area (TPSA) is 74.6 Å². The van der Waals surface area contributed by atoms with E-state index in [1.807, 2.05) is 24.3 Å². The van der Waals surface area contributed by atoms with E-state index in [4.69, 9.17) is 0 Å². The van der Waals surface area contributed by atoms with Crippen LogP contribution in [0.5, 0.6) is 0 Å². The van der Waals surface area contributed by atoms with Crippen LogP contribution in [0.2, 0.25) is 0 Å². The highest BCUT2D eigenvalue weighted by molar-refractivity contribution is 5.86. The van der Waals surface area contributed by atoms with Crippen molar-refractivity contribution in [1.82, 2.24) is 0 Å². The fraction of sp³-hybridized carbons (Fsp3) is 0.545. The molecule has 0 saturated carbocycles. The molecule has 4 heteroatoms. The summed E-state index contributed by atoms with van der Waals surface area (Å²) >= 11 is 0. The summed E-state index contributed by atoms with van der Waals surface area (Å²) in [5.74, 6) is -0.762. The molecule has 0 aromatic rings. The van der Waals surface area contributed by atoms with Gasteiger partial charge in [0, 0.05) is 12.3 Å². The largest absolute Gasteiger partial charge is 0.386 e. The average Bonchev–Trinajstić information content (AvgIpc) is 2.62. The maximum atomic E-state index is 12.3. The van der Waals surface area contributed by atoms with E-state index in [1.165, 1.54) is 12.5 Å². The maximum absolute atomic E-state index is 12.3. The fourth-order valence-electron chi connectivity index (χ4n) is 2.19. The number of carbonyl (C=O) groups is 2. The summed E-state index contributed by atoms with van der Waals surface area (Å²) in [5.41, 5.74) is 1.75. The van der Waals surface area contributed by atoms with Crippen LogP contribution >= 0.6 is 0 Å². The van der Waals surface area contributed by atoms with E-state index >= 15 is 0 Å². The van der Waals surface area contributed by atoms with E-state index in [-0.39, 0.29) is 23.9 Å². The number of carbonyl (C=O) groups excluding carboxylic acids is 2. The number of allylic oxidation sites excluding steroid dienone is 7. The first kappa shape index (κ1) is 24.2. The monoisotopic (exact) mass is 362 g/mol. The van der Waals surface area contributed by atoms with Gasteiger partial charge in [-0.25, -0.2) is 0 Å². The summed E-state index contributed by atoms with van der Waals surface area (Å²) in [6, 6.07) is 0. The zero-order chi connectivity index (χ0) is 20.1. The zero-order valence-electron chi connectivity index (χ0n) is 16.7.